The average Bonchev–Trinajstić information content (AvgIpc) is 2.31. The fourth-order valence-electron chi connectivity index (χ4n) is 1.28. The van der Waals surface area contributed by atoms with Crippen LogP contribution in [0.4, 0.5) is 4.39 Å². The predicted molar refractivity (Wildman–Crippen MR) is 68.1 cm³/mol. The van der Waals surface area contributed by atoms with Crippen molar-refractivity contribution >= 4 is 23.6 Å². The van der Waals surface area contributed by atoms with E-state index in [4.69, 9.17) is 5.11 Å². The Morgan fingerprint density at radius 1 is 1.22 bits per heavy atom. The summed E-state index contributed by atoms with van der Waals surface area (Å²) < 4.78 is 12.6. The first-order valence-electron chi connectivity index (χ1n) is 5.38. The Labute approximate surface area is 109 Å². The molecule has 0 bridgehead atoms. The third-order valence-corrected chi connectivity index (χ3v) is 3.03. The smallest absolute Gasteiger partial charge is 0.313 e. The molecule has 0 unspecified atom stereocenters. The van der Waals surface area contributed by atoms with Crippen LogP contribution in [0.5, 0.6) is 0 Å². The second-order valence-electron chi connectivity index (χ2n) is 3.61. The molecule has 0 spiro atoms. The zero-order chi connectivity index (χ0) is 13.4. The lowest BCUT2D eigenvalue weighted by atomic mass is 10.1. The SMILES string of the molecule is O=C(O)CSCC(=O)NCCc1ccc(F)cc1. The minimum absolute atomic E-state index is 0.0780. The van der Waals surface area contributed by atoms with E-state index in [9.17, 15) is 14.0 Å². The van der Waals surface area contributed by atoms with Crippen LogP contribution in [0, 0.1) is 5.82 Å². The van der Waals surface area contributed by atoms with Gasteiger partial charge in [0, 0.05) is 6.54 Å². The molecule has 0 saturated heterocycles. The molecule has 6 heteroatoms. The van der Waals surface area contributed by atoms with Gasteiger partial charge in [-0.3, -0.25) is 9.59 Å². The number of amides is 1. The van der Waals surface area contributed by atoms with Gasteiger partial charge in [-0.15, -0.1) is 11.8 Å². The molecule has 0 atom stereocenters. The Morgan fingerprint density at radius 2 is 1.89 bits per heavy atom. The van der Waals surface area contributed by atoms with Crippen molar-refractivity contribution in [1.82, 2.24) is 5.32 Å². The number of carbonyl (C=O) groups is 2. The highest BCUT2D eigenvalue weighted by Crippen LogP contribution is 2.03. The quantitative estimate of drug-likeness (QED) is 0.784. The van der Waals surface area contributed by atoms with Crippen LogP contribution in [0.2, 0.25) is 0 Å². The maximum absolute atomic E-state index is 12.6. The molecule has 4 nitrogen and oxygen atoms in total. The highest BCUT2D eigenvalue weighted by molar-refractivity contribution is 8.00. The Kier molecular flexibility index (Phi) is 6.21. The second kappa shape index (κ2) is 7.71. The number of carboxylic acid groups (broad SMARTS) is 1. The molecule has 98 valence electrons. The van der Waals surface area contributed by atoms with Gasteiger partial charge in [-0.1, -0.05) is 12.1 Å². The number of hydrogen-bond acceptors (Lipinski definition) is 3. The molecule has 18 heavy (non-hydrogen) atoms. The minimum atomic E-state index is -0.931. The van der Waals surface area contributed by atoms with E-state index in [0.29, 0.717) is 13.0 Å². The Morgan fingerprint density at radius 3 is 2.50 bits per heavy atom. The van der Waals surface area contributed by atoms with Gasteiger partial charge >= 0.3 is 5.97 Å². The van der Waals surface area contributed by atoms with Crippen LogP contribution in [0.1, 0.15) is 5.56 Å². The lowest BCUT2D eigenvalue weighted by molar-refractivity contribution is -0.133. The number of halogens is 1. The van der Waals surface area contributed by atoms with Gasteiger partial charge in [0.05, 0.1) is 11.5 Å². The molecule has 2 N–H and O–H groups in total. The van der Waals surface area contributed by atoms with Crippen molar-refractivity contribution in [1.29, 1.82) is 0 Å². The van der Waals surface area contributed by atoms with Crippen molar-refractivity contribution < 1.29 is 19.1 Å². The Bertz CT molecular complexity index is 408. The number of aliphatic carboxylic acids is 1. The number of hydrogen-bond donors (Lipinski definition) is 2. The molecule has 0 heterocycles. The summed E-state index contributed by atoms with van der Waals surface area (Å²) in [5.74, 6) is -1.35. The van der Waals surface area contributed by atoms with Crippen molar-refractivity contribution in [2.45, 2.75) is 6.42 Å². The highest BCUT2D eigenvalue weighted by atomic mass is 32.2. The summed E-state index contributed by atoms with van der Waals surface area (Å²) in [5.41, 5.74) is 0.940. The number of carbonyl (C=O) groups excluding carboxylic acids is 1. The first-order valence-corrected chi connectivity index (χ1v) is 6.54. The number of rotatable bonds is 7. The third kappa shape index (κ3) is 6.24. The summed E-state index contributed by atoms with van der Waals surface area (Å²) in [4.78, 5) is 21.5. The predicted octanol–water partition coefficient (Wildman–Crippen LogP) is 1.30. The van der Waals surface area contributed by atoms with E-state index >= 15 is 0 Å². The lowest BCUT2D eigenvalue weighted by Crippen LogP contribution is -2.27. The normalized spacial score (nSPS) is 10.1. The van der Waals surface area contributed by atoms with Crippen LogP contribution in [0.15, 0.2) is 24.3 Å². The van der Waals surface area contributed by atoms with Gasteiger partial charge in [-0.25, -0.2) is 4.39 Å². The summed E-state index contributed by atoms with van der Waals surface area (Å²) in [6.07, 6.45) is 0.621. The number of benzene rings is 1. The van der Waals surface area contributed by atoms with Crippen LogP contribution < -0.4 is 5.32 Å². The summed E-state index contributed by atoms with van der Waals surface area (Å²) in [7, 11) is 0. The van der Waals surface area contributed by atoms with Crippen molar-refractivity contribution in [3.05, 3.63) is 35.6 Å². The van der Waals surface area contributed by atoms with Crippen LogP contribution in [0.3, 0.4) is 0 Å². The zero-order valence-electron chi connectivity index (χ0n) is 9.69. The Hall–Kier alpha value is -1.56. The number of thioether (sulfide) groups is 1. The van der Waals surface area contributed by atoms with E-state index in [1.54, 1.807) is 12.1 Å². The first kappa shape index (κ1) is 14.5. The van der Waals surface area contributed by atoms with Crippen molar-refractivity contribution in [2.24, 2.45) is 0 Å². The van der Waals surface area contributed by atoms with Gasteiger partial charge < -0.3 is 10.4 Å². The monoisotopic (exact) mass is 271 g/mol. The van der Waals surface area contributed by atoms with Gasteiger partial charge in [-0.05, 0) is 24.1 Å². The van der Waals surface area contributed by atoms with E-state index in [1.807, 2.05) is 0 Å². The maximum Gasteiger partial charge on any atom is 0.313 e. The Balaban J connectivity index is 2.15. The third-order valence-electron chi connectivity index (χ3n) is 2.11. The van der Waals surface area contributed by atoms with E-state index in [1.165, 1.54) is 12.1 Å². The molecule has 1 aromatic carbocycles. The number of nitrogens with one attached hydrogen (secondary N) is 1. The van der Waals surface area contributed by atoms with Gasteiger partial charge in [0.25, 0.3) is 0 Å². The summed E-state index contributed by atoms with van der Waals surface area (Å²) in [5, 5.41) is 11.1. The maximum atomic E-state index is 12.6. The molecule has 0 aliphatic heterocycles. The van der Waals surface area contributed by atoms with Crippen LogP contribution >= 0.6 is 11.8 Å². The van der Waals surface area contributed by atoms with Gasteiger partial charge in [0.15, 0.2) is 0 Å². The molecule has 0 radical (unpaired) electrons. The topological polar surface area (TPSA) is 66.4 Å². The second-order valence-corrected chi connectivity index (χ2v) is 4.60. The number of carboxylic acids is 1. The molecule has 0 saturated carbocycles. The van der Waals surface area contributed by atoms with E-state index in [-0.39, 0.29) is 23.2 Å². The van der Waals surface area contributed by atoms with Gasteiger partial charge in [0.1, 0.15) is 5.82 Å². The van der Waals surface area contributed by atoms with Crippen LogP contribution in [-0.2, 0) is 16.0 Å². The van der Waals surface area contributed by atoms with Crippen molar-refractivity contribution in [3.8, 4) is 0 Å². The van der Waals surface area contributed by atoms with E-state index in [2.05, 4.69) is 5.32 Å². The fourth-order valence-corrected chi connectivity index (χ4v) is 1.84. The fraction of sp³-hybridized carbons (Fsp3) is 0.333. The molecular weight excluding hydrogens is 257 g/mol. The van der Waals surface area contributed by atoms with Gasteiger partial charge in [-0.2, -0.15) is 0 Å². The molecule has 0 aromatic heterocycles. The van der Waals surface area contributed by atoms with Crippen molar-refractivity contribution in [3.63, 3.8) is 0 Å². The van der Waals surface area contributed by atoms with E-state index < -0.39 is 5.97 Å². The summed E-state index contributed by atoms with van der Waals surface area (Å²) >= 11 is 1.06. The molecule has 0 fully saturated rings. The highest BCUT2D eigenvalue weighted by Gasteiger charge is 2.03. The molecule has 1 rings (SSSR count). The summed E-state index contributed by atoms with van der Waals surface area (Å²) in [6, 6.07) is 6.08. The van der Waals surface area contributed by atoms with Gasteiger partial charge in [0.2, 0.25) is 5.91 Å². The molecule has 1 amide bonds. The lowest BCUT2D eigenvalue weighted by Gasteiger charge is -2.04. The van der Waals surface area contributed by atoms with Crippen LogP contribution in [-0.4, -0.2) is 35.0 Å². The van der Waals surface area contributed by atoms with Crippen molar-refractivity contribution in [2.75, 3.05) is 18.1 Å². The largest absolute Gasteiger partial charge is 0.481 e. The molecular formula is C12H14FNO3S. The molecule has 1 aromatic rings. The molecule has 0 aliphatic rings. The zero-order valence-corrected chi connectivity index (χ0v) is 10.5. The van der Waals surface area contributed by atoms with Crippen LogP contribution in [0.25, 0.3) is 0 Å². The average molecular weight is 271 g/mol. The summed E-state index contributed by atoms with van der Waals surface area (Å²) in [6.45, 7) is 0.456. The standard InChI is InChI=1S/C12H14FNO3S/c13-10-3-1-9(2-4-10)5-6-14-11(15)7-18-8-12(16)17/h1-4H,5-8H2,(H,14,15)(H,16,17). The van der Waals surface area contributed by atoms with E-state index in [0.717, 1.165) is 17.3 Å². The molecule has 0 aliphatic carbocycles. The minimum Gasteiger partial charge on any atom is -0.481 e. The first-order chi connectivity index (χ1) is 8.58.